The zero-order valence-electron chi connectivity index (χ0n) is 14.7. The number of anilines is 1. The lowest BCUT2D eigenvalue weighted by Crippen LogP contribution is -2.29. The molecular weight excluding hydrogens is 338 g/mol. The van der Waals surface area contributed by atoms with Crippen LogP contribution >= 0.6 is 11.3 Å². The molecule has 1 fully saturated rings. The van der Waals surface area contributed by atoms with Crippen molar-refractivity contribution < 1.29 is 9.59 Å². The van der Waals surface area contributed by atoms with Crippen LogP contribution < -0.4 is 5.32 Å². The minimum absolute atomic E-state index is 0.000211. The molecule has 1 aliphatic rings. The summed E-state index contributed by atoms with van der Waals surface area (Å²) in [6, 6.07) is 3.72. The molecular formula is C17H23N5O2S. The fraction of sp³-hybridized carbons (Fsp3) is 0.471. The van der Waals surface area contributed by atoms with Crippen LogP contribution in [-0.2, 0) is 16.1 Å². The quantitative estimate of drug-likeness (QED) is 0.850. The summed E-state index contributed by atoms with van der Waals surface area (Å²) >= 11 is 1.57. The molecule has 0 saturated carbocycles. The molecule has 2 aromatic rings. The highest BCUT2D eigenvalue weighted by Gasteiger charge is 2.43. The van der Waals surface area contributed by atoms with Crippen LogP contribution in [0.3, 0.4) is 0 Å². The smallest absolute Gasteiger partial charge is 0.230 e. The molecule has 2 aromatic heterocycles. The third-order valence-electron chi connectivity index (χ3n) is 4.43. The second-order valence-electron chi connectivity index (χ2n) is 6.56. The molecule has 0 aromatic carbocycles. The second kappa shape index (κ2) is 7.37. The summed E-state index contributed by atoms with van der Waals surface area (Å²) in [4.78, 5) is 29.7. The fourth-order valence-electron chi connectivity index (χ4n) is 3.04. The number of thiophene rings is 1. The molecule has 2 atom stereocenters. The van der Waals surface area contributed by atoms with Crippen molar-refractivity contribution in [2.45, 2.75) is 19.0 Å². The van der Waals surface area contributed by atoms with Gasteiger partial charge in [-0.1, -0.05) is 6.07 Å². The number of hydrogen-bond acceptors (Lipinski definition) is 5. The average molecular weight is 361 g/mol. The van der Waals surface area contributed by atoms with E-state index in [1.54, 1.807) is 34.2 Å². The number of carbonyl (C=O) groups excluding carboxylic acids is 2. The summed E-state index contributed by atoms with van der Waals surface area (Å²) in [6.07, 6.45) is 3.70. The van der Waals surface area contributed by atoms with Gasteiger partial charge in [0, 0.05) is 31.1 Å². The third kappa shape index (κ3) is 3.91. The first kappa shape index (κ1) is 17.6. The van der Waals surface area contributed by atoms with Crippen LogP contribution in [0, 0.1) is 5.92 Å². The van der Waals surface area contributed by atoms with Crippen molar-refractivity contribution in [2.75, 3.05) is 33.0 Å². The number of rotatable bonds is 6. The van der Waals surface area contributed by atoms with Crippen molar-refractivity contribution in [3.8, 4) is 0 Å². The van der Waals surface area contributed by atoms with Crippen LogP contribution in [0.5, 0.6) is 0 Å². The molecule has 8 heteroatoms. The lowest BCUT2D eigenvalue weighted by molar-refractivity contribution is -0.127. The molecule has 7 nitrogen and oxygen atoms in total. The van der Waals surface area contributed by atoms with Crippen LogP contribution in [0.4, 0.5) is 5.69 Å². The Labute approximate surface area is 151 Å². The van der Waals surface area contributed by atoms with E-state index in [2.05, 4.69) is 15.3 Å². The number of likely N-dealkylation sites (N-methyl/N-ethyl adjacent to an activating group) is 1. The molecule has 1 N–H and O–H groups in total. The first-order valence-electron chi connectivity index (χ1n) is 8.23. The van der Waals surface area contributed by atoms with E-state index in [1.165, 1.54) is 0 Å². The lowest BCUT2D eigenvalue weighted by Gasteiger charge is -2.23. The Kier molecular flexibility index (Phi) is 5.19. The summed E-state index contributed by atoms with van der Waals surface area (Å²) in [7, 11) is 5.77. The molecule has 0 bridgehead atoms. The molecule has 0 aliphatic carbocycles. The maximum absolute atomic E-state index is 12.8. The summed E-state index contributed by atoms with van der Waals surface area (Å²) in [6.45, 7) is 1.63. The zero-order chi connectivity index (χ0) is 18.0. The Morgan fingerprint density at radius 3 is 2.96 bits per heavy atom. The maximum Gasteiger partial charge on any atom is 0.230 e. The number of hydrogen-bond donors (Lipinski definition) is 1. The molecule has 3 rings (SSSR count). The molecule has 3 heterocycles. The highest BCUT2D eigenvalue weighted by Crippen LogP contribution is 2.39. The number of carbonyl (C=O) groups is 2. The first-order valence-corrected chi connectivity index (χ1v) is 9.11. The highest BCUT2D eigenvalue weighted by molar-refractivity contribution is 7.10. The van der Waals surface area contributed by atoms with E-state index in [9.17, 15) is 9.59 Å². The Bertz CT molecular complexity index is 740. The minimum Gasteiger partial charge on any atom is -0.337 e. The minimum atomic E-state index is -0.388. The topological polar surface area (TPSA) is 70.5 Å². The van der Waals surface area contributed by atoms with E-state index in [0.717, 1.165) is 18.0 Å². The van der Waals surface area contributed by atoms with Gasteiger partial charge in [-0.25, -0.2) is 0 Å². The van der Waals surface area contributed by atoms with Gasteiger partial charge < -0.3 is 15.1 Å². The summed E-state index contributed by atoms with van der Waals surface area (Å²) < 4.78 is 1.80. The number of nitrogens with one attached hydrogen (secondary N) is 1. The van der Waals surface area contributed by atoms with Gasteiger partial charge in [0.25, 0.3) is 0 Å². The predicted molar refractivity (Wildman–Crippen MR) is 97.3 cm³/mol. The molecule has 2 unspecified atom stereocenters. The highest BCUT2D eigenvalue weighted by atomic mass is 32.1. The van der Waals surface area contributed by atoms with E-state index in [0.29, 0.717) is 5.69 Å². The SMILES string of the molecule is CN(C)CCn1cc(NC(=O)C2CC(=O)N(C)C2c2cccs2)cn1. The van der Waals surface area contributed by atoms with E-state index < -0.39 is 0 Å². The number of amides is 2. The molecule has 0 radical (unpaired) electrons. The Morgan fingerprint density at radius 1 is 1.48 bits per heavy atom. The van der Waals surface area contributed by atoms with E-state index in [1.807, 2.05) is 37.8 Å². The zero-order valence-corrected chi connectivity index (χ0v) is 15.5. The van der Waals surface area contributed by atoms with Crippen molar-refractivity contribution in [1.29, 1.82) is 0 Å². The van der Waals surface area contributed by atoms with Crippen LogP contribution in [-0.4, -0.2) is 59.1 Å². The Hall–Kier alpha value is -2.19. The second-order valence-corrected chi connectivity index (χ2v) is 7.54. The number of likely N-dealkylation sites (tertiary alicyclic amines) is 1. The van der Waals surface area contributed by atoms with Crippen LogP contribution in [0.1, 0.15) is 17.3 Å². The van der Waals surface area contributed by atoms with Crippen LogP contribution in [0.15, 0.2) is 29.9 Å². The summed E-state index contributed by atoms with van der Waals surface area (Å²) in [5, 5.41) is 9.15. The predicted octanol–water partition coefficient (Wildman–Crippen LogP) is 1.66. The van der Waals surface area contributed by atoms with Gasteiger partial charge in [-0.3, -0.25) is 14.3 Å². The number of nitrogens with zero attached hydrogens (tertiary/aromatic N) is 4. The standard InChI is InChI=1S/C17H23N5O2S/c1-20(2)6-7-22-11-12(10-18-22)19-17(24)13-9-15(23)21(3)16(13)14-5-4-8-25-14/h4-5,8,10-11,13,16H,6-7,9H2,1-3H3,(H,19,24). The van der Waals surface area contributed by atoms with Crippen molar-refractivity contribution >= 4 is 28.8 Å². The van der Waals surface area contributed by atoms with Gasteiger partial charge in [0.1, 0.15) is 0 Å². The molecule has 0 spiro atoms. The monoisotopic (exact) mass is 361 g/mol. The fourth-order valence-corrected chi connectivity index (χ4v) is 3.97. The lowest BCUT2D eigenvalue weighted by atomic mass is 9.98. The molecule has 2 amide bonds. The molecule has 1 saturated heterocycles. The molecule has 134 valence electrons. The molecule has 1 aliphatic heterocycles. The third-order valence-corrected chi connectivity index (χ3v) is 5.38. The first-order chi connectivity index (χ1) is 12.0. The average Bonchev–Trinajstić information content (AvgIpc) is 3.28. The maximum atomic E-state index is 12.8. The van der Waals surface area contributed by atoms with Gasteiger partial charge in [-0.05, 0) is 25.5 Å². The van der Waals surface area contributed by atoms with Gasteiger partial charge in [-0.15, -0.1) is 11.3 Å². The largest absolute Gasteiger partial charge is 0.337 e. The van der Waals surface area contributed by atoms with Gasteiger partial charge in [-0.2, -0.15) is 5.10 Å². The molecule has 25 heavy (non-hydrogen) atoms. The van der Waals surface area contributed by atoms with Crippen molar-refractivity contribution in [1.82, 2.24) is 19.6 Å². The van der Waals surface area contributed by atoms with Gasteiger partial charge in [0.15, 0.2) is 0 Å². The van der Waals surface area contributed by atoms with Crippen LogP contribution in [0.25, 0.3) is 0 Å². The van der Waals surface area contributed by atoms with Crippen molar-refractivity contribution in [2.24, 2.45) is 5.92 Å². The number of aromatic nitrogens is 2. The van der Waals surface area contributed by atoms with Crippen LogP contribution in [0.2, 0.25) is 0 Å². The van der Waals surface area contributed by atoms with Crippen molar-refractivity contribution in [3.05, 3.63) is 34.8 Å². The summed E-state index contributed by atoms with van der Waals surface area (Å²) in [5.41, 5.74) is 0.663. The Balaban J connectivity index is 1.69. The van der Waals surface area contributed by atoms with E-state index in [-0.39, 0.29) is 30.2 Å². The van der Waals surface area contributed by atoms with Gasteiger partial charge in [0.05, 0.1) is 30.4 Å². The Morgan fingerprint density at radius 2 is 2.28 bits per heavy atom. The van der Waals surface area contributed by atoms with E-state index >= 15 is 0 Å². The van der Waals surface area contributed by atoms with E-state index in [4.69, 9.17) is 0 Å². The normalized spacial score (nSPS) is 20.5. The summed E-state index contributed by atoms with van der Waals surface area (Å²) in [5.74, 6) is -0.523. The van der Waals surface area contributed by atoms with Gasteiger partial charge in [0.2, 0.25) is 11.8 Å². The van der Waals surface area contributed by atoms with Gasteiger partial charge >= 0.3 is 0 Å². The van der Waals surface area contributed by atoms with Crippen molar-refractivity contribution in [3.63, 3.8) is 0 Å².